The van der Waals surface area contributed by atoms with Gasteiger partial charge in [-0.1, -0.05) is 11.6 Å². The summed E-state index contributed by atoms with van der Waals surface area (Å²) in [7, 11) is 1.71. The molecule has 1 aliphatic heterocycles. The van der Waals surface area contributed by atoms with Gasteiger partial charge in [-0.05, 0) is 52.2 Å². The maximum absolute atomic E-state index is 11.1. The Labute approximate surface area is 159 Å². The van der Waals surface area contributed by atoms with Crippen LogP contribution < -0.4 is 5.32 Å². The summed E-state index contributed by atoms with van der Waals surface area (Å²) in [6.07, 6.45) is 2.37. The molecule has 0 aromatic heterocycles. The minimum Gasteiger partial charge on any atom is -0.379 e. The molecule has 1 aliphatic rings. The number of piperidine rings is 1. The van der Waals surface area contributed by atoms with Gasteiger partial charge in [-0.3, -0.25) is 14.9 Å². The number of carbonyl (C=O) groups is 1. The molecule has 0 spiro atoms. The van der Waals surface area contributed by atoms with Gasteiger partial charge in [-0.2, -0.15) is 0 Å². The van der Waals surface area contributed by atoms with Crippen LogP contribution in [0.4, 0.5) is 11.4 Å². The standard InChI is InChI=1S/C13H16ClN3O3.C5H12O/c1-9-6-13(17(19)20)12(7-11(9)14)15-10-2-4-16(8-18)5-3-10;1-5(2,3)6-4/h6-8,10,15H,2-5H2,1H3;1-4H3. The molecule has 1 aromatic carbocycles. The second-order valence-electron chi connectivity index (χ2n) is 7.25. The summed E-state index contributed by atoms with van der Waals surface area (Å²) in [5.41, 5.74) is 1.19. The lowest BCUT2D eigenvalue weighted by Gasteiger charge is -2.30. The Bertz CT molecular complexity index is 624. The largest absolute Gasteiger partial charge is 0.379 e. The molecule has 1 saturated heterocycles. The molecule has 0 atom stereocenters. The van der Waals surface area contributed by atoms with Gasteiger partial charge in [0.05, 0.1) is 10.5 Å². The Hall–Kier alpha value is -1.86. The molecule has 0 radical (unpaired) electrons. The second-order valence-corrected chi connectivity index (χ2v) is 7.66. The smallest absolute Gasteiger partial charge is 0.292 e. The van der Waals surface area contributed by atoms with Gasteiger partial charge in [0.2, 0.25) is 6.41 Å². The minimum atomic E-state index is -0.411. The van der Waals surface area contributed by atoms with Crippen LogP contribution in [0, 0.1) is 17.0 Å². The molecule has 146 valence electrons. The van der Waals surface area contributed by atoms with Crippen LogP contribution in [-0.2, 0) is 9.53 Å². The van der Waals surface area contributed by atoms with Crippen LogP contribution in [0.25, 0.3) is 0 Å². The molecule has 1 amide bonds. The molecule has 1 aromatic rings. The van der Waals surface area contributed by atoms with E-state index in [0.29, 0.717) is 29.4 Å². The van der Waals surface area contributed by atoms with Crippen molar-refractivity contribution in [2.45, 2.75) is 52.2 Å². The summed E-state index contributed by atoms with van der Waals surface area (Å²) in [6.45, 7) is 9.12. The molecular formula is C18H28ClN3O4. The number of nitrogens with one attached hydrogen (secondary N) is 1. The first-order valence-electron chi connectivity index (χ1n) is 8.53. The van der Waals surface area contributed by atoms with Gasteiger partial charge in [-0.15, -0.1) is 0 Å². The van der Waals surface area contributed by atoms with Crippen molar-refractivity contribution in [3.05, 3.63) is 32.8 Å². The highest BCUT2D eigenvalue weighted by Crippen LogP contribution is 2.32. The van der Waals surface area contributed by atoms with Gasteiger partial charge in [0.25, 0.3) is 5.69 Å². The third-order valence-electron chi connectivity index (χ3n) is 4.12. The molecule has 0 unspecified atom stereocenters. The molecule has 8 heteroatoms. The predicted molar refractivity (Wildman–Crippen MR) is 104 cm³/mol. The lowest BCUT2D eigenvalue weighted by molar-refractivity contribution is -0.384. The maximum atomic E-state index is 11.1. The molecule has 26 heavy (non-hydrogen) atoms. The van der Waals surface area contributed by atoms with E-state index < -0.39 is 4.92 Å². The molecule has 1 heterocycles. The number of benzene rings is 1. The van der Waals surface area contributed by atoms with Crippen LogP contribution in [-0.4, -0.2) is 48.1 Å². The number of ether oxygens (including phenoxy) is 1. The van der Waals surface area contributed by atoms with E-state index in [1.807, 2.05) is 20.8 Å². The molecule has 0 bridgehead atoms. The van der Waals surface area contributed by atoms with E-state index in [1.165, 1.54) is 6.07 Å². The van der Waals surface area contributed by atoms with E-state index in [0.717, 1.165) is 19.3 Å². The summed E-state index contributed by atoms with van der Waals surface area (Å²) >= 11 is 6.04. The summed E-state index contributed by atoms with van der Waals surface area (Å²) in [5, 5.41) is 14.8. The number of amides is 1. The normalized spacial score (nSPS) is 15.1. The van der Waals surface area contributed by atoms with Crippen LogP contribution in [0.15, 0.2) is 12.1 Å². The summed E-state index contributed by atoms with van der Waals surface area (Å²) in [6, 6.07) is 3.19. The van der Waals surface area contributed by atoms with Crippen LogP contribution in [0.3, 0.4) is 0 Å². The van der Waals surface area contributed by atoms with Gasteiger partial charge in [0.1, 0.15) is 5.69 Å². The number of nitro groups is 1. The summed E-state index contributed by atoms with van der Waals surface area (Å²) < 4.78 is 4.94. The predicted octanol–water partition coefficient (Wildman–Crippen LogP) is 4.02. The zero-order chi connectivity index (χ0) is 19.9. The van der Waals surface area contributed by atoms with Gasteiger partial charge >= 0.3 is 0 Å². The first-order valence-corrected chi connectivity index (χ1v) is 8.90. The van der Waals surface area contributed by atoms with Crippen molar-refractivity contribution in [2.75, 3.05) is 25.5 Å². The monoisotopic (exact) mass is 385 g/mol. The highest BCUT2D eigenvalue weighted by atomic mass is 35.5. The average Bonchev–Trinajstić information content (AvgIpc) is 2.58. The molecular weight excluding hydrogens is 358 g/mol. The number of hydrogen-bond donors (Lipinski definition) is 1. The lowest BCUT2D eigenvalue weighted by atomic mass is 10.0. The van der Waals surface area contributed by atoms with Crippen LogP contribution >= 0.6 is 11.6 Å². The fourth-order valence-corrected chi connectivity index (χ4v) is 2.47. The Morgan fingerprint density at radius 3 is 2.31 bits per heavy atom. The number of nitro benzene ring substituents is 1. The van der Waals surface area contributed by atoms with Gasteiger partial charge in [-0.25, -0.2) is 0 Å². The number of aryl methyl sites for hydroxylation is 1. The van der Waals surface area contributed by atoms with Gasteiger partial charge < -0.3 is 15.0 Å². The third kappa shape index (κ3) is 7.17. The zero-order valence-corrected chi connectivity index (χ0v) is 16.8. The number of carbonyl (C=O) groups excluding carboxylic acids is 1. The van der Waals surface area contributed by atoms with E-state index >= 15 is 0 Å². The molecule has 1 fully saturated rings. The third-order valence-corrected chi connectivity index (χ3v) is 4.53. The fraction of sp³-hybridized carbons (Fsp3) is 0.611. The number of hydrogen-bond acceptors (Lipinski definition) is 5. The average molecular weight is 386 g/mol. The van der Waals surface area contributed by atoms with Crippen LogP contribution in [0.1, 0.15) is 39.2 Å². The fourth-order valence-electron chi connectivity index (χ4n) is 2.30. The number of rotatable bonds is 4. The van der Waals surface area contributed by atoms with Crippen molar-refractivity contribution in [1.82, 2.24) is 4.90 Å². The van der Waals surface area contributed by atoms with Crippen molar-refractivity contribution in [3.63, 3.8) is 0 Å². The summed E-state index contributed by atoms with van der Waals surface area (Å²) in [5.74, 6) is 0. The maximum Gasteiger partial charge on any atom is 0.292 e. The van der Waals surface area contributed by atoms with E-state index in [9.17, 15) is 14.9 Å². The Morgan fingerprint density at radius 2 is 1.88 bits per heavy atom. The molecule has 1 N–H and O–H groups in total. The van der Waals surface area contributed by atoms with Crippen LogP contribution in [0.2, 0.25) is 5.02 Å². The number of likely N-dealkylation sites (tertiary alicyclic amines) is 1. The zero-order valence-electron chi connectivity index (χ0n) is 16.0. The van der Waals surface area contributed by atoms with E-state index in [1.54, 1.807) is 25.0 Å². The SMILES string of the molecule is COC(C)(C)C.Cc1cc([N+](=O)[O-])c(NC2CCN(C=O)CC2)cc1Cl. The number of methoxy groups -OCH3 is 1. The number of halogens is 1. The van der Waals surface area contributed by atoms with Gasteiger partial charge in [0.15, 0.2) is 0 Å². The molecule has 2 rings (SSSR count). The highest BCUT2D eigenvalue weighted by molar-refractivity contribution is 6.31. The van der Waals surface area contributed by atoms with Crippen LogP contribution in [0.5, 0.6) is 0 Å². The van der Waals surface area contributed by atoms with Crippen molar-refractivity contribution < 1.29 is 14.5 Å². The topological polar surface area (TPSA) is 84.7 Å². The Kier molecular flexibility index (Phi) is 8.30. The van der Waals surface area contributed by atoms with E-state index in [-0.39, 0.29) is 17.3 Å². The van der Waals surface area contributed by atoms with E-state index in [4.69, 9.17) is 16.3 Å². The van der Waals surface area contributed by atoms with E-state index in [2.05, 4.69) is 5.32 Å². The van der Waals surface area contributed by atoms with Crippen molar-refractivity contribution >= 4 is 29.4 Å². The number of anilines is 1. The quantitative estimate of drug-likeness (QED) is 0.480. The lowest BCUT2D eigenvalue weighted by Crippen LogP contribution is -2.38. The first kappa shape index (κ1) is 22.2. The Morgan fingerprint density at radius 1 is 1.35 bits per heavy atom. The van der Waals surface area contributed by atoms with Crippen molar-refractivity contribution in [3.8, 4) is 0 Å². The highest BCUT2D eigenvalue weighted by Gasteiger charge is 2.22. The minimum absolute atomic E-state index is 0.0321. The van der Waals surface area contributed by atoms with Crippen molar-refractivity contribution in [1.29, 1.82) is 0 Å². The molecule has 0 saturated carbocycles. The van der Waals surface area contributed by atoms with Gasteiger partial charge in [0, 0.05) is 37.3 Å². The van der Waals surface area contributed by atoms with Crippen molar-refractivity contribution in [2.24, 2.45) is 0 Å². The molecule has 0 aliphatic carbocycles. The number of nitrogens with zero attached hydrogens (tertiary/aromatic N) is 2. The Balaban J connectivity index is 0.000000487. The second kappa shape index (κ2) is 9.73. The molecule has 7 nitrogen and oxygen atoms in total. The summed E-state index contributed by atoms with van der Waals surface area (Å²) in [4.78, 5) is 23.0. The first-order chi connectivity index (χ1) is 12.1.